The molecular weight excluding hydrogens is 262 g/mol. The maximum atomic E-state index is 12.4. The molecule has 2 saturated heterocycles. The monoisotopic (exact) mass is 287 g/mol. The van der Waals surface area contributed by atoms with Crippen LogP contribution in [0.1, 0.15) is 32.3 Å². The smallest absolute Gasteiger partial charge is 0.320 e. The molecule has 0 aromatic heterocycles. The lowest BCUT2D eigenvalue weighted by molar-refractivity contribution is 0.209. The predicted molar refractivity (Wildman–Crippen MR) is 85.8 cm³/mol. The van der Waals surface area contributed by atoms with Crippen LogP contribution in [0.3, 0.4) is 0 Å². The molecule has 1 aromatic rings. The normalized spacial score (nSPS) is 22.6. The molecule has 21 heavy (non-hydrogen) atoms. The zero-order valence-corrected chi connectivity index (χ0v) is 13.0. The molecule has 3 rings (SSSR count). The number of urea groups is 1. The van der Waals surface area contributed by atoms with E-state index in [-0.39, 0.29) is 12.1 Å². The first-order chi connectivity index (χ1) is 10.1. The van der Waals surface area contributed by atoms with Crippen molar-refractivity contribution in [1.82, 2.24) is 10.2 Å². The van der Waals surface area contributed by atoms with Crippen LogP contribution in [-0.4, -0.2) is 42.6 Å². The average Bonchev–Trinajstić information content (AvgIpc) is 3.09. The van der Waals surface area contributed by atoms with Crippen molar-refractivity contribution in [2.45, 2.75) is 45.2 Å². The van der Waals surface area contributed by atoms with Gasteiger partial charge in [-0.3, -0.25) is 4.90 Å². The van der Waals surface area contributed by atoms with Gasteiger partial charge in [0.05, 0.1) is 0 Å². The summed E-state index contributed by atoms with van der Waals surface area (Å²) in [6.45, 7) is 6.90. The van der Waals surface area contributed by atoms with Gasteiger partial charge < -0.3 is 10.2 Å². The second kappa shape index (κ2) is 6.06. The fourth-order valence-electron chi connectivity index (χ4n) is 3.30. The molecule has 1 aromatic carbocycles. The first kappa shape index (κ1) is 14.4. The first-order valence-corrected chi connectivity index (χ1v) is 8.05. The van der Waals surface area contributed by atoms with E-state index in [1.807, 2.05) is 9.80 Å². The lowest BCUT2D eigenvalue weighted by atomic mass is 10.0. The second-order valence-electron chi connectivity index (χ2n) is 6.39. The van der Waals surface area contributed by atoms with Crippen LogP contribution < -0.4 is 10.2 Å². The van der Waals surface area contributed by atoms with Crippen LogP contribution in [0.5, 0.6) is 0 Å². The fraction of sp³-hybridized carbons (Fsp3) is 0.588. The second-order valence-corrected chi connectivity index (χ2v) is 6.39. The van der Waals surface area contributed by atoms with Gasteiger partial charge in [0, 0.05) is 30.9 Å². The lowest BCUT2D eigenvalue weighted by Crippen LogP contribution is -2.36. The van der Waals surface area contributed by atoms with Crippen molar-refractivity contribution in [1.29, 1.82) is 0 Å². The van der Waals surface area contributed by atoms with Crippen molar-refractivity contribution >= 4 is 11.7 Å². The number of nitrogens with zero attached hydrogens (tertiary/aromatic N) is 2. The molecule has 2 amide bonds. The average molecular weight is 287 g/mol. The predicted octanol–water partition coefficient (Wildman–Crippen LogP) is 2.63. The van der Waals surface area contributed by atoms with Crippen molar-refractivity contribution < 1.29 is 4.79 Å². The number of hydrogen-bond donors (Lipinski definition) is 1. The van der Waals surface area contributed by atoms with Gasteiger partial charge in [-0.2, -0.15) is 0 Å². The van der Waals surface area contributed by atoms with Crippen LogP contribution in [0.4, 0.5) is 10.5 Å². The minimum atomic E-state index is 0.134. The number of carbonyl (C=O) groups excluding carboxylic acids is 1. The van der Waals surface area contributed by atoms with Crippen molar-refractivity contribution in [2.24, 2.45) is 0 Å². The molecule has 0 spiro atoms. The number of nitrogens with one attached hydrogen (secondary N) is 1. The minimum Gasteiger partial charge on any atom is -0.320 e. The van der Waals surface area contributed by atoms with E-state index >= 15 is 0 Å². The van der Waals surface area contributed by atoms with Gasteiger partial charge in [-0.25, -0.2) is 4.79 Å². The molecule has 2 heterocycles. The van der Waals surface area contributed by atoms with Gasteiger partial charge in [0.15, 0.2) is 0 Å². The Labute approximate surface area is 127 Å². The summed E-state index contributed by atoms with van der Waals surface area (Å²) in [6, 6.07) is 9.55. The van der Waals surface area contributed by atoms with Gasteiger partial charge in [-0.15, -0.1) is 0 Å². The largest absolute Gasteiger partial charge is 0.324 e. The number of anilines is 1. The molecule has 0 bridgehead atoms. The van der Waals surface area contributed by atoms with E-state index in [1.54, 1.807) is 0 Å². The Bertz CT molecular complexity index is 491. The van der Waals surface area contributed by atoms with Gasteiger partial charge in [-0.05, 0) is 57.4 Å². The number of rotatable bonds is 4. The van der Waals surface area contributed by atoms with Crippen LogP contribution in [0.15, 0.2) is 24.3 Å². The Hall–Kier alpha value is -1.55. The first-order valence-electron chi connectivity index (χ1n) is 8.05. The van der Waals surface area contributed by atoms with E-state index in [1.165, 1.54) is 18.4 Å². The highest BCUT2D eigenvalue weighted by Crippen LogP contribution is 2.23. The Morgan fingerprint density at radius 2 is 2.00 bits per heavy atom. The summed E-state index contributed by atoms with van der Waals surface area (Å²) in [4.78, 5) is 16.2. The molecule has 2 aliphatic heterocycles. The Morgan fingerprint density at radius 1 is 1.24 bits per heavy atom. The van der Waals surface area contributed by atoms with E-state index in [2.05, 4.69) is 43.4 Å². The Balaban J connectivity index is 1.65. The van der Waals surface area contributed by atoms with Crippen molar-refractivity contribution in [3.8, 4) is 0 Å². The van der Waals surface area contributed by atoms with E-state index in [0.29, 0.717) is 6.04 Å². The summed E-state index contributed by atoms with van der Waals surface area (Å²) in [6.07, 6.45) is 3.65. The van der Waals surface area contributed by atoms with Gasteiger partial charge in [-0.1, -0.05) is 12.1 Å². The van der Waals surface area contributed by atoms with E-state index in [4.69, 9.17) is 0 Å². The molecule has 1 N–H and O–H groups in total. The zero-order valence-electron chi connectivity index (χ0n) is 13.0. The van der Waals surface area contributed by atoms with Crippen LogP contribution in [0.2, 0.25) is 0 Å². The summed E-state index contributed by atoms with van der Waals surface area (Å²) in [5, 5.41) is 3.53. The van der Waals surface area contributed by atoms with E-state index < -0.39 is 0 Å². The van der Waals surface area contributed by atoms with Crippen LogP contribution in [-0.2, 0) is 6.42 Å². The molecule has 2 aliphatic rings. The number of carbonyl (C=O) groups is 1. The van der Waals surface area contributed by atoms with Crippen LogP contribution in [0, 0.1) is 0 Å². The highest BCUT2D eigenvalue weighted by atomic mass is 16.2. The van der Waals surface area contributed by atoms with Crippen molar-refractivity contribution in [3.05, 3.63) is 29.8 Å². The third kappa shape index (κ3) is 3.05. The minimum absolute atomic E-state index is 0.134. The molecule has 0 saturated carbocycles. The molecule has 114 valence electrons. The summed E-state index contributed by atoms with van der Waals surface area (Å²) in [7, 11) is 0. The third-order valence-electron chi connectivity index (χ3n) is 4.56. The summed E-state index contributed by atoms with van der Waals surface area (Å²) < 4.78 is 0. The standard InChI is InChI=1S/C17H25N3O/c1-13(2)19-10-11-20(17(19)21)16-7-5-14(6-8-16)12-15-4-3-9-18-15/h5-8,13,15,18H,3-4,9-12H2,1-2H3. The third-order valence-corrected chi connectivity index (χ3v) is 4.56. The van der Waals surface area contributed by atoms with Crippen LogP contribution in [0.25, 0.3) is 0 Å². The lowest BCUT2D eigenvalue weighted by Gasteiger charge is -2.22. The highest BCUT2D eigenvalue weighted by molar-refractivity contribution is 5.94. The maximum absolute atomic E-state index is 12.4. The molecule has 2 fully saturated rings. The van der Waals surface area contributed by atoms with Gasteiger partial charge in [0.25, 0.3) is 0 Å². The molecule has 1 unspecified atom stereocenters. The molecule has 1 atom stereocenters. The summed E-state index contributed by atoms with van der Waals surface area (Å²) >= 11 is 0. The molecule has 4 heteroatoms. The SMILES string of the molecule is CC(C)N1CCN(c2ccc(CC3CCCN3)cc2)C1=O. The van der Waals surface area contributed by atoms with Crippen molar-refractivity contribution in [2.75, 3.05) is 24.5 Å². The van der Waals surface area contributed by atoms with E-state index in [0.717, 1.165) is 31.7 Å². The number of benzene rings is 1. The van der Waals surface area contributed by atoms with Crippen molar-refractivity contribution in [3.63, 3.8) is 0 Å². The summed E-state index contributed by atoms with van der Waals surface area (Å²) in [5.74, 6) is 0. The molecule has 0 aliphatic carbocycles. The Kier molecular flexibility index (Phi) is 4.15. The molecular formula is C17H25N3O. The van der Waals surface area contributed by atoms with Gasteiger partial charge in [0.1, 0.15) is 0 Å². The van der Waals surface area contributed by atoms with Crippen LogP contribution >= 0.6 is 0 Å². The topological polar surface area (TPSA) is 35.6 Å². The summed E-state index contributed by atoms with van der Waals surface area (Å²) in [5.41, 5.74) is 2.37. The zero-order chi connectivity index (χ0) is 14.8. The highest BCUT2D eigenvalue weighted by Gasteiger charge is 2.30. The van der Waals surface area contributed by atoms with E-state index in [9.17, 15) is 4.79 Å². The maximum Gasteiger partial charge on any atom is 0.324 e. The van der Waals surface area contributed by atoms with Gasteiger partial charge >= 0.3 is 6.03 Å². The quantitative estimate of drug-likeness (QED) is 0.924. The number of hydrogen-bond acceptors (Lipinski definition) is 2. The number of amides is 2. The molecule has 0 radical (unpaired) electrons. The fourth-order valence-corrected chi connectivity index (χ4v) is 3.30. The molecule has 4 nitrogen and oxygen atoms in total. The Morgan fingerprint density at radius 3 is 2.57 bits per heavy atom. The van der Waals surface area contributed by atoms with Gasteiger partial charge in [0.2, 0.25) is 0 Å².